The number of carbonyl (C=O) groups is 1. The van der Waals surface area contributed by atoms with Gasteiger partial charge in [-0.25, -0.2) is 4.39 Å². The molecule has 0 saturated carbocycles. The van der Waals surface area contributed by atoms with Crippen molar-refractivity contribution in [3.05, 3.63) is 34.1 Å². The first-order valence-electron chi connectivity index (χ1n) is 5.55. The van der Waals surface area contributed by atoms with Gasteiger partial charge in [0.2, 0.25) is 5.91 Å². The Morgan fingerprint density at radius 2 is 2.35 bits per heavy atom. The van der Waals surface area contributed by atoms with Gasteiger partial charge < -0.3 is 5.73 Å². The molecule has 1 aromatic rings. The summed E-state index contributed by atoms with van der Waals surface area (Å²) in [4.78, 5) is 13.2. The lowest BCUT2D eigenvalue weighted by Gasteiger charge is -2.22. The van der Waals surface area contributed by atoms with Crippen LogP contribution in [0.3, 0.4) is 0 Å². The van der Waals surface area contributed by atoms with Crippen molar-refractivity contribution in [3.8, 4) is 0 Å². The number of nitrogens with zero attached hydrogens (tertiary/aromatic N) is 1. The van der Waals surface area contributed by atoms with Crippen molar-refractivity contribution in [2.75, 3.05) is 6.54 Å². The van der Waals surface area contributed by atoms with Crippen LogP contribution in [0.5, 0.6) is 0 Å². The van der Waals surface area contributed by atoms with Crippen LogP contribution in [0.1, 0.15) is 18.4 Å². The van der Waals surface area contributed by atoms with Crippen molar-refractivity contribution >= 4 is 21.8 Å². The Labute approximate surface area is 108 Å². The number of benzene rings is 1. The van der Waals surface area contributed by atoms with E-state index in [0.717, 1.165) is 19.4 Å². The summed E-state index contributed by atoms with van der Waals surface area (Å²) in [5, 5.41) is 0. The van der Waals surface area contributed by atoms with Crippen LogP contribution in [-0.2, 0) is 11.3 Å². The Bertz CT molecular complexity index is 439. The molecule has 2 N–H and O–H groups in total. The number of rotatable bonds is 3. The van der Waals surface area contributed by atoms with E-state index in [4.69, 9.17) is 5.73 Å². The summed E-state index contributed by atoms with van der Waals surface area (Å²) in [5.41, 5.74) is 5.92. The van der Waals surface area contributed by atoms with Gasteiger partial charge in [-0.1, -0.05) is 22.0 Å². The van der Waals surface area contributed by atoms with Crippen molar-refractivity contribution in [1.29, 1.82) is 0 Å². The van der Waals surface area contributed by atoms with E-state index in [1.165, 1.54) is 6.07 Å². The lowest BCUT2D eigenvalue weighted by Crippen LogP contribution is -2.39. The molecule has 2 rings (SSSR count). The van der Waals surface area contributed by atoms with Crippen LogP contribution in [0.15, 0.2) is 22.7 Å². The number of nitrogens with two attached hydrogens (primary N) is 1. The van der Waals surface area contributed by atoms with Gasteiger partial charge in [0.25, 0.3) is 0 Å². The number of carbonyl (C=O) groups excluding carboxylic acids is 1. The van der Waals surface area contributed by atoms with Crippen molar-refractivity contribution in [2.45, 2.75) is 25.4 Å². The zero-order valence-corrected chi connectivity index (χ0v) is 10.9. The van der Waals surface area contributed by atoms with Gasteiger partial charge >= 0.3 is 0 Å². The van der Waals surface area contributed by atoms with E-state index in [2.05, 4.69) is 15.9 Å². The molecule has 92 valence electrons. The number of halogens is 2. The molecule has 0 unspecified atom stereocenters. The summed E-state index contributed by atoms with van der Waals surface area (Å²) in [5.74, 6) is -0.575. The third-order valence-electron chi connectivity index (χ3n) is 3.08. The van der Waals surface area contributed by atoms with Gasteiger partial charge in [0.05, 0.1) is 6.04 Å². The number of hydrogen-bond donors (Lipinski definition) is 1. The molecule has 0 aliphatic carbocycles. The molecule has 5 heteroatoms. The van der Waals surface area contributed by atoms with Gasteiger partial charge in [-0.15, -0.1) is 0 Å². The molecule has 1 amide bonds. The van der Waals surface area contributed by atoms with Crippen LogP contribution in [0.2, 0.25) is 0 Å². The first-order chi connectivity index (χ1) is 8.08. The largest absolute Gasteiger partial charge is 0.368 e. The molecule has 1 aliphatic heterocycles. The summed E-state index contributed by atoms with van der Waals surface area (Å²) in [6, 6.07) is 4.71. The first-order valence-corrected chi connectivity index (χ1v) is 6.34. The van der Waals surface area contributed by atoms with E-state index in [9.17, 15) is 9.18 Å². The van der Waals surface area contributed by atoms with Crippen LogP contribution in [-0.4, -0.2) is 23.4 Å². The molecule has 1 heterocycles. The fourth-order valence-electron chi connectivity index (χ4n) is 2.21. The summed E-state index contributed by atoms with van der Waals surface area (Å²) in [7, 11) is 0. The minimum absolute atomic E-state index is 0.252. The zero-order chi connectivity index (χ0) is 12.4. The zero-order valence-electron chi connectivity index (χ0n) is 9.33. The Kier molecular flexibility index (Phi) is 3.79. The van der Waals surface area contributed by atoms with Crippen LogP contribution in [0, 0.1) is 5.82 Å². The highest BCUT2D eigenvalue weighted by Crippen LogP contribution is 2.22. The summed E-state index contributed by atoms with van der Waals surface area (Å²) < 4.78 is 14.4. The molecule has 0 aromatic heterocycles. The van der Waals surface area contributed by atoms with E-state index >= 15 is 0 Å². The summed E-state index contributed by atoms with van der Waals surface area (Å²) in [6.07, 6.45) is 1.71. The lowest BCUT2D eigenvalue weighted by atomic mass is 10.1. The number of primary amides is 1. The van der Waals surface area contributed by atoms with Crippen LogP contribution >= 0.6 is 15.9 Å². The van der Waals surface area contributed by atoms with Crippen LogP contribution in [0.4, 0.5) is 4.39 Å². The standard InChI is InChI=1S/C12H14BrFN2O/c13-9-4-3-8(10(14)6-9)7-16-5-1-2-11(16)12(15)17/h3-4,6,11H,1-2,5,7H2,(H2,15,17)/t11-/m0/s1. The van der Waals surface area contributed by atoms with E-state index in [-0.39, 0.29) is 17.8 Å². The molecule has 0 radical (unpaired) electrons. The maximum Gasteiger partial charge on any atom is 0.234 e. The third-order valence-corrected chi connectivity index (χ3v) is 3.57. The van der Waals surface area contributed by atoms with E-state index in [1.54, 1.807) is 12.1 Å². The molecule has 1 fully saturated rings. The highest BCUT2D eigenvalue weighted by Gasteiger charge is 2.29. The molecule has 1 aromatic carbocycles. The number of amides is 1. The molecular formula is C12H14BrFN2O. The van der Waals surface area contributed by atoms with Gasteiger partial charge in [0.1, 0.15) is 5.82 Å². The third kappa shape index (κ3) is 2.84. The minimum Gasteiger partial charge on any atom is -0.368 e. The fourth-order valence-corrected chi connectivity index (χ4v) is 2.54. The first kappa shape index (κ1) is 12.5. The Hall–Kier alpha value is -0.940. The number of likely N-dealkylation sites (tertiary alicyclic amines) is 1. The predicted octanol–water partition coefficient (Wildman–Crippen LogP) is 2.04. The normalized spacial score (nSPS) is 20.7. The SMILES string of the molecule is NC(=O)[C@@H]1CCCN1Cc1ccc(Br)cc1F. The molecule has 3 nitrogen and oxygen atoms in total. The molecule has 17 heavy (non-hydrogen) atoms. The molecule has 0 spiro atoms. The second-order valence-corrected chi connectivity index (χ2v) is 5.18. The maximum atomic E-state index is 13.7. The average molecular weight is 301 g/mol. The van der Waals surface area contributed by atoms with E-state index in [1.807, 2.05) is 4.90 Å². The molecule has 0 bridgehead atoms. The smallest absolute Gasteiger partial charge is 0.234 e. The Balaban J connectivity index is 2.12. The lowest BCUT2D eigenvalue weighted by molar-refractivity contribution is -0.122. The maximum absolute atomic E-state index is 13.7. The molecule has 1 saturated heterocycles. The van der Waals surface area contributed by atoms with Crippen molar-refractivity contribution in [1.82, 2.24) is 4.90 Å². The van der Waals surface area contributed by atoms with Crippen LogP contribution < -0.4 is 5.73 Å². The molecule has 1 atom stereocenters. The molecular weight excluding hydrogens is 287 g/mol. The van der Waals surface area contributed by atoms with Gasteiger partial charge in [-0.2, -0.15) is 0 Å². The monoisotopic (exact) mass is 300 g/mol. The second kappa shape index (κ2) is 5.14. The van der Waals surface area contributed by atoms with Gasteiger partial charge in [-0.05, 0) is 31.5 Å². The molecule has 1 aliphatic rings. The van der Waals surface area contributed by atoms with Crippen molar-refractivity contribution in [2.24, 2.45) is 5.73 Å². The highest BCUT2D eigenvalue weighted by molar-refractivity contribution is 9.10. The Morgan fingerprint density at radius 3 is 3.00 bits per heavy atom. The van der Waals surface area contributed by atoms with Crippen molar-refractivity contribution < 1.29 is 9.18 Å². The van der Waals surface area contributed by atoms with Gasteiger partial charge in [-0.3, -0.25) is 9.69 Å². The Morgan fingerprint density at radius 1 is 1.59 bits per heavy atom. The van der Waals surface area contributed by atoms with Gasteiger partial charge in [0, 0.05) is 16.6 Å². The topological polar surface area (TPSA) is 46.3 Å². The fraction of sp³-hybridized carbons (Fsp3) is 0.417. The van der Waals surface area contributed by atoms with E-state index < -0.39 is 0 Å². The van der Waals surface area contributed by atoms with Gasteiger partial charge in [0.15, 0.2) is 0 Å². The summed E-state index contributed by atoms with van der Waals surface area (Å²) in [6.45, 7) is 1.23. The van der Waals surface area contributed by atoms with Crippen molar-refractivity contribution in [3.63, 3.8) is 0 Å². The van der Waals surface area contributed by atoms with Crippen LogP contribution in [0.25, 0.3) is 0 Å². The van der Waals surface area contributed by atoms with E-state index in [0.29, 0.717) is 16.6 Å². The quantitative estimate of drug-likeness (QED) is 0.928. The average Bonchev–Trinajstić information content (AvgIpc) is 2.70. The second-order valence-electron chi connectivity index (χ2n) is 4.27. The number of hydrogen-bond acceptors (Lipinski definition) is 2. The minimum atomic E-state index is -0.319. The summed E-state index contributed by atoms with van der Waals surface area (Å²) >= 11 is 3.22. The predicted molar refractivity (Wildman–Crippen MR) is 66.7 cm³/mol. The highest BCUT2D eigenvalue weighted by atomic mass is 79.9.